The van der Waals surface area contributed by atoms with Gasteiger partial charge < -0.3 is 14.9 Å². The molecule has 29 heavy (non-hydrogen) atoms. The molecule has 0 aliphatic carbocycles. The molecular formula is C23H31ClO5. The molecule has 160 valence electrons. The van der Waals surface area contributed by atoms with Crippen molar-refractivity contribution >= 4 is 23.9 Å². The number of esters is 1. The molecule has 0 saturated heterocycles. The Balaban J connectivity index is 2.71. The summed E-state index contributed by atoms with van der Waals surface area (Å²) < 4.78 is 5.28. The summed E-state index contributed by atoms with van der Waals surface area (Å²) >= 11 is 6.07. The molecule has 0 radical (unpaired) electrons. The van der Waals surface area contributed by atoms with Crippen molar-refractivity contribution in [1.29, 1.82) is 0 Å². The molecule has 0 bridgehead atoms. The third-order valence-corrected chi connectivity index (χ3v) is 5.08. The van der Waals surface area contributed by atoms with E-state index in [-0.39, 0.29) is 46.6 Å². The van der Waals surface area contributed by atoms with E-state index in [2.05, 4.69) is 0 Å². The van der Waals surface area contributed by atoms with Gasteiger partial charge in [-0.05, 0) is 71.9 Å². The molecule has 6 heteroatoms. The van der Waals surface area contributed by atoms with Gasteiger partial charge in [0.1, 0.15) is 18.1 Å². The van der Waals surface area contributed by atoms with Crippen molar-refractivity contribution < 1.29 is 24.5 Å². The van der Waals surface area contributed by atoms with Crippen LogP contribution >= 0.6 is 11.6 Å². The third-order valence-electron chi connectivity index (χ3n) is 4.62. The zero-order valence-electron chi connectivity index (χ0n) is 18.1. The summed E-state index contributed by atoms with van der Waals surface area (Å²) in [6.45, 7) is 11.2. The van der Waals surface area contributed by atoms with Crippen LogP contribution in [0.3, 0.4) is 0 Å². The number of rotatable bonds is 8. The first-order valence-corrected chi connectivity index (χ1v) is 9.94. The van der Waals surface area contributed by atoms with Crippen LogP contribution in [0.2, 0.25) is 5.02 Å². The summed E-state index contributed by atoms with van der Waals surface area (Å²) in [5.74, 6) is -0.667. The molecule has 0 aliphatic heterocycles. The zero-order chi connectivity index (χ0) is 22.4. The Morgan fingerprint density at radius 1 is 1.10 bits per heavy atom. The molecule has 0 aliphatic rings. The normalized spacial score (nSPS) is 12.8. The molecule has 0 aromatic heterocycles. The van der Waals surface area contributed by atoms with E-state index in [9.17, 15) is 19.8 Å². The van der Waals surface area contributed by atoms with Gasteiger partial charge in [0.2, 0.25) is 0 Å². The number of phenolic OH excluding ortho intramolecular Hbond substituents is 2. The molecule has 5 nitrogen and oxygen atoms in total. The second kappa shape index (κ2) is 10.5. The number of carbonyl (C=O) groups excluding carboxylic acids is 2. The topological polar surface area (TPSA) is 83.8 Å². The first-order valence-electron chi connectivity index (χ1n) is 9.56. The first-order chi connectivity index (χ1) is 13.4. The molecule has 0 fully saturated rings. The van der Waals surface area contributed by atoms with Gasteiger partial charge in [0, 0.05) is 5.56 Å². The van der Waals surface area contributed by atoms with Crippen LogP contribution in [0.15, 0.2) is 23.3 Å². The molecule has 0 unspecified atom stereocenters. The Morgan fingerprint density at radius 3 is 2.28 bits per heavy atom. The second-order valence-electron chi connectivity index (χ2n) is 8.32. The Kier molecular flexibility index (Phi) is 8.96. The van der Waals surface area contributed by atoms with Crippen LogP contribution in [0.1, 0.15) is 68.9 Å². The lowest BCUT2D eigenvalue weighted by Crippen LogP contribution is -2.23. The monoisotopic (exact) mass is 422 g/mol. The van der Waals surface area contributed by atoms with Gasteiger partial charge in [-0.25, -0.2) is 0 Å². The summed E-state index contributed by atoms with van der Waals surface area (Å²) in [5, 5.41) is 20.6. The maximum atomic E-state index is 11.8. The van der Waals surface area contributed by atoms with E-state index in [1.54, 1.807) is 6.92 Å². The van der Waals surface area contributed by atoms with Gasteiger partial charge in [0.25, 0.3) is 0 Å². The Bertz CT molecular complexity index is 829. The van der Waals surface area contributed by atoms with Crippen molar-refractivity contribution in [3.05, 3.63) is 45.0 Å². The van der Waals surface area contributed by atoms with Crippen molar-refractivity contribution in [1.82, 2.24) is 0 Å². The number of halogens is 1. The van der Waals surface area contributed by atoms with Crippen molar-refractivity contribution in [2.45, 2.75) is 60.8 Å². The number of aromatic hydroxyl groups is 2. The van der Waals surface area contributed by atoms with Crippen molar-refractivity contribution in [3.63, 3.8) is 0 Å². The van der Waals surface area contributed by atoms with Gasteiger partial charge in [0.15, 0.2) is 6.29 Å². The Morgan fingerprint density at radius 2 is 1.72 bits per heavy atom. The van der Waals surface area contributed by atoms with E-state index in [0.717, 1.165) is 24.0 Å². The van der Waals surface area contributed by atoms with Gasteiger partial charge in [-0.2, -0.15) is 0 Å². The predicted octanol–water partition coefficient (Wildman–Crippen LogP) is 5.68. The summed E-state index contributed by atoms with van der Waals surface area (Å²) in [4.78, 5) is 23.0. The van der Waals surface area contributed by atoms with E-state index in [0.29, 0.717) is 11.8 Å². The van der Waals surface area contributed by atoms with E-state index in [1.165, 1.54) is 0 Å². The molecule has 0 amide bonds. The molecular weight excluding hydrogens is 392 g/mol. The third kappa shape index (κ3) is 6.93. The smallest absolute Gasteiger partial charge is 0.311 e. The number of aldehydes is 1. The fourth-order valence-electron chi connectivity index (χ4n) is 2.60. The van der Waals surface area contributed by atoms with Gasteiger partial charge in [-0.3, -0.25) is 9.59 Å². The van der Waals surface area contributed by atoms with Crippen molar-refractivity contribution in [3.8, 4) is 11.5 Å². The van der Waals surface area contributed by atoms with Crippen LogP contribution in [0.25, 0.3) is 0 Å². The van der Waals surface area contributed by atoms with Gasteiger partial charge in [-0.15, -0.1) is 0 Å². The number of hydrogen-bond acceptors (Lipinski definition) is 5. The molecule has 0 atom stereocenters. The van der Waals surface area contributed by atoms with E-state index >= 15 is 0 Å². The highest BCUT2D eigenvalue weighted by atomic mass is 35.5. The number of hydrogen-bond donors (Lipinski definition) is 2. The van der Waals surface area contributed by atoms with E-state index in [4.69, 9.17) is 16.3 Å². The highest BCUT2D eigenvalue weighted by molar-refractivity contribution is 6.33. The van der Waals surface area contributed by atoms with Gasteiger partial charge >= 0.3 is 5.97 Å². The number of ether oxygens (including phenoxy) is 1. The maximum absolute atomic E-state index is 11.8. The molecule has 1 aromatic carbocycles. The lowest BCUT2D eigenvalue weighted by molar-refractivity contribution is -0.151. The summed E-state index contributed by atoms with van der Waals surface area (Å²) in [6, 6.07) is 0. The van der Waals surface area contributed by atoms with E-state index < -0.39 is 5.41 Å². The molecule has 1 rings (SSSR count). The zero-order valence-corrected chi connectivity index (χ0v) is 18.8. The lowest BCUT2D eigenvalue weighted by Gasteiger charge is -2.16. The fraction of sp³-hybridized carbons (Fsp3) is 0.478. The van der Waals surface area contributed by atoms with Crippen LogP contribution in [0.4, 0.5) is 0 Å². The highest BCUT2D eigenvalue weighted by Crippen LogP contribution is 2.40. The highest BCUT2D eigenvalue weighted by Gasteiger charge is 2.22. The number of carbonyl (C=O) groups is 2. The first kappa shape index (κ1) is 24.8. The molecule has 2 N–H and O–H groups in total. The average Bonchev–Trinajstić information content (AvgIpc) is 2.64. The number of allylic oxidation sites excluding steroid dienone is 3. The largest absolute Gasteiger partial charge is 0.507 e. The average molecular weight is 423 g/mol. The predicted molar refractivity (Wildman–Crippen MR) is 116 cm³/mol. The van der Waals surface area contributed by atoms with Crippen LogP contribution in [-0.2, 0) is 16.0 Å². The van der Waals surface area contributed by atoms with Crippen LogP contribution in [0.5, 0.6) is 11.5 Å². The summed E-state index contributed by atoms with van der Waals surface area (Å²) in [7, 11) is 0. The standard InChI is InChI=1S/C23H31ClO5/c1-14(8-7-9-15(2)13-29-22(28)23(4,5)6)10-11-17-20(26)18(12-25)16(3)19(24)21(17)27/h9-10,12,26-27H,7-8,11,13H2,1-6H3/b14-10+,15-9+. The van der Waals surface area contributed by atoms with Crippen LogP contribution in [0, 0.1) is 12.3 Å². The molecule has 0 heterocycles. The second-order valence-corrected chi connectivity index (χ2v) is 8.69. The Labute approximate surface area is 178 Å². The summed E-state index contributed by atoms with van der Waals surface area (Å²) in [5.41, 5.74) is 2.21. The minimum absolute atomic E-state index is 0.0781. The van der Waals surface area contributed by atoms with Crippen LogP contribution in [-0.4, -0.2) is 29.1 Å². The fourth-order valence-corrected chi connectivity index (χ4v) is 2.81. The Hall–Kier alpha value is -2.27. The van der Waals surface area contributed by atoms with Crippen molar-refractivity contribution in [2.24, 2.45) is 5.41 Å². The van der Waals surface area contributed by atoms with Gasteiger partial charge in [-0.1, -0.05) is 29.3 Å². The SMILES string of the molecule is C/C(=C\Cc1c(O)c(Cl)c(C)c(C=O)c1O)CC/C=C(\C)COC(=O)C(C)(C)C. The minimum Gasteiger partial charge on any atom is -0.507 e. The van der Waals surface area contributed by atoms with Crippen molar-refractivity contribution in [2.75, 3.05) is 6.61 Å². The molecule has 0 spiro atoms. The lowest BCUT2D eigenvalue weighted by atomic mass is 9.97. The molecule has 1 aromatic rings. The maximum Gasteiger partial charge on any atom is 0.311 e. The van der Waals surface area contributed by atoms with Gasteiger partial charge in [0.05, 0.1) is 16.0 Å². The van der Waals surface area contributed by atoms with Crippen LogP contribution < -0.4 is 0 Å². The minimum atomic E-state index is -0.515. The quantitative estimate of drug-likeness (QED) is 0.320. The number of benzene rings is 1. The molecule has 0 saturated carbocycles. The number of phenols is 2. The summed E-state index contributed by atoms with van der Waals surface area (Å²) in [6.07, 6.45) is 6.25. The van der Waals surface area contributed by atoms with E-state index in [1.807, 2.05) is 46.8 Å².